The van der Waals surface area contributed by atoms with Gasteiger partial charge in [-0.15, -0.1) is 0 Å². The van der Waals surface area contributed by atoms with E-state index in [1.165, 1.54) is 12.1 Å². The minimum Gasteiger partial charge on any atom is -0.352 e. The van der Waals surface area contributed by atoms with Crippen LogP contribution in [0.4, 0.5) is 5.69 Å². The molecule has 5 nitrogen and oxygen atoms in total. The van der Waals surface area contributed by atoms with Crippen LogP contribution in [0.1, 0.15) is 15.9 Å². The zero-order chi connectivity index (χ0) is 15.2. The Labute approximate surface area is 135 Å². The Kier molecular flexibility index (Phi) is 5.26. The highest BCUT2D eigenvalue weighted by Gasteiger charge is 2.06. The van der Waals surface area contributed by atoms with E-state index in [4.69, 9.17) is 0 Å². The quantitative estimate of drug-likeness (QED) is 0.480. The van der Waals surface area contributed by atoms with Gasteiger partial charge in [-0.1, -0.05) is 12.1 Å². The van der Waals surface area contributed by atoms with Gasteiger partial charge in [-0.05, 0) is 58.8 Å². The van der Waals surface area contributed by atoms with Crippen LogP contribution in [0, 0.1) is 13.7 Å². The number of carbonyl (C=O) groups is 1. The number of rotatable bonds is 5. The fraction of sp³-hybridized carbons (Fsp3) is 0.133. The van der Waals surface area contributed by atoms with E-state index < -0.39 is 4.92 Å². The van der Waals surface area contributed by atoms with Gasteiger partial charge in [-0.2, -0.15) is 0 Å². The van der Waals surface area contributed by atoms with Crippen molar-refractivity contribution in [3.05, 3.63) is 73.3 Å². The summed E-state index contributed by atoms with van der Waals surface area (Å²) < 4.78 is 1.08. The standard InChI is InChI=1S/C15H13IN2O3/c16-13-5-3-12(4-6-13)15(19)17-10-9-11-1-7-14(8-2-11)18(20)21/h1-8H,9-10H2,(H,17,19). The normalized spacial score (nSPS) is 10.1. The van der Waals surface area contributed by atoms with Crippen LogP contribution in [-0.2, 0) is 6.42 Å². The van der Waals surface area contributed by atoms with E-state index in [1.807, 2.05) is 12.1 Å². The Morgan fingerprint density at radius 3 is 2.29 bits per heavy atom. The average Bonchev–Trinajstić information content (AvgIpc) is 2.48. The molecule has 0 saturated heterocycles. The van der Waals surface area contributed by atoms with Crippen LogP contribution in [0.25, 0.3) is 0 Å². The van der Waals surface area contributed by atoms with Crippen molar-refractivity contribution in [1.82, 2.24) is 5.32 Å². The molecule has 6 heteroatoms. The molecule has 0 aliphatic rings. The second kappa shape index (κ2) is 7.16. The van der Waals surface area contributed by atoms with Crippen molar-refractivity contribution in [2.45, 2.75) is 6.42 Å². The lowest BCUT2D eigenvalue weighted by Crippen LogP contribution is -2.25. The van der Waals surface area contributed by atoms with E-state index in [1.54, 1.807) is 24.3 Å². The van der Waals surface area contributed by atoms with Crippen LogP contribution in [0.15, 0.2) is 48.5 Å². The Morgan fingerprint density at radius 2 is 1.71 bits per heavy atom. The lowest BCUT2D eigenvalue weighted by atomic mass is 10.1. The molecule has 0 spiro atoms. The lowest BCUT2D eigenvalue weighted by Gasteiger charge is -2.05. The number of nitro groups is 1. The third-order valence-corrected chi connectivity index (χ3v) is 3.67. The van der Waals surface area contributed by atoms with E-state index in [0.29, 0.717) is 18.5 Å². The summed E-state index contributed by atoms with van der Waals surface area (Å²) in [7, 11) is 0. The minimum absolute atomic E-state index is 0.0710. The lowest BCUT2D eigenvalue weighted by molar-refractivity contribution is -0.384. The zero-order valence-corrected chi connectivity index (χ0v) is 13.2. The maximum Gasteiger partial charge on any atom is 0.269 e. The first-order valence-electron chi connectivity index (χ1n) is 6.33. The maximum absolute atomic E-state index is 11.9. The largest absolute Gasteiger partial charge is 0.352 e. The number of non-ortho nitro benzene ring substituents is 1. The number of carbonyl (C=O) groups excluding carboxylic acids is 1. The number of amides is 1. The highest BCUT2D eigenvalue weighted by atomic mass is 127. The molecule has 2 rings (SSSR count). The van der Waals surface area contributed by atoms with Crippen molar-refractivity contribution < 1.29 is 9.72 Å². The van der Waals surface area contributed by atoms with Gasteiger partial charge in [0.05, 0.1) is 4.92 Å². The molecular weight excluding hydrogens is 383 g/mol. The zero-order valence-electron chi connectivity index (χ0n) is 11.1. The molecule has 108 valence electrons. The van der Waals surface area contributed by atoms with Crippen LogP contribution in [-0.4, -0.2) is 17.4 Å². The predicted molar refractivity (Wildman–Crippen MR) is 88.3 cm³/mol. The summed E-state index contributed by atoms with van der Waals surface area (Å²) in [5.41, 5.74) is 1.64. The average molecular weight is 396 g/mol. The molecular formula is C15H13IN2O3. The topological polar surface area (TPSA) is 72.2 Å². The summed E-state index contributed by atoms with van der Waals surface area (Å²) in [5.74, 6) is -0.117. The van der Waals surface area contributed by atoms with Gasteiger partial charge in [0.15, 0.2) is 0 Å². The molecule has 0 unspecified atom stereocenters. The molecule has 0 radical (unpaired) electrons. The van der Waals surface area contributed by atoms with Crippen molar-refractivity contribution >= 4 is 34.2 Å². The minimum atomic E-state index is -0.428. The van der Waals surface area contributed by atoms with Crippen LogP contribution >= 0.6 is 22.6 Å². The van der Waals surface area contributed by atoms with Gasteiger partial charge in [0.25, 0.3) is 11.6 Å². The summed E-state index contributed by atoms with van der Waals surface area (Å²) in [6, 6.07) is 13.7. The van der Waals surface area contributed by atoms with E-state index in [2.05, 4.69) is 27.9 Å². The second-order valence-corrected chi connectivity index (χ2v) is 5.68. The van der Waals surface area contributed by atoms with Gasteiger partial charge in [0, 0.05) is 27.8 Å². The number of hydrogen-bond donors (Lipinski definition) is 1. The summed E-state index contributed by atoms with van der Waals surface area (Å²) in [6.07, 6.45) is 0.633. The first-order chi connectivity index (χ1) is 10.1. The van der Waals surface area contributed by atoms with Crippen molar-refractivity contribution in [3.63, 3.8) is 0 Å². The van der Waals surface area contributed by atoms with Crippen LogP contribution in [0.3, 0.4) is 0 Å². The van der Waals surface area contributed by atoms with E-state index in [9.17, 15) is 14.9 Å². The molecule has 2 aromatic carbocycles. The van der Waals surface area contributed by atoms with Crippen LogP contribution in [0.5, 0.6) is 0 Å². The Balaban J connectivity index is 1.85. The van der Waals surface area contributed by atoms with Crippen molar-refractivity contribution in [2.24, 2.45) is 0 Å². The van der Waals surface area contributed by atoms with Crippen LogP contribution < -0.4 is 5.32 Å². The first kappa shape index (κ1) is 15.4. The van der Waals surface area contributed by atoms with Gasteiger partial charge >= 0.3 is 0 Å². The van der Waals surface area contributed by atoms with Crippen LogP contribution in [0.2, 0.25) is 0 Å². The molecule has 2 aromatic rings. The maximum atomic E-state index is 11.9. The number of halogens is 1. The molecule has 0 aliphatic carbocycles. The summed E-state index contributed by atoms with van der Waals surface area (Å²) in [5, 5.41) is 13.4. The van der Waals surface area contributed by atoms with Gasteiger partial charge < -0.3 is 5.32 Å². The molecule has 0 heterocycles. The molecule has 21 heavy (non-hydrogen) atoms. The highest BCUT2D eigenvalue weighted by molar-refractivity contribution is 14.1. The predicted octanol–water partition coefficient (Wildman–Crippen LogP) is 3.17. The smallest absolute Gasteiger partial charge is 0.269 e. The third kappa shape index (κ3) is 4.52. The van der Waals surface area contributed by atoms with Gasteiger partial charge in [0.2, 0.25) is 0 Å². The molecule has 0 aromatic heterocycles. The fourth-order valence-electron chi connectivity index (χ4n) is 1.81. The van der Waals surface area contributed by atoms with Crippen molar-refractivity contribution in [3.8, 4) is 0 Å². The Bertz CT molecular complexity index is 639. The van der Waals surface area contributed by atoms with Gasteiger partial charge in [-0.25, -0.2) is 0 Å². The second-order valence-electron chi connectivity index (χ2n) is 4.44. The first-order valence-corrected chi connectivity index (χ1v) is 7.41. The summed E-state index contributed by atoms with van der Waals surface area (Å²) in [4.78, 5) is 22.0. The fourth-order valence-corrected chi connectivity index (χ4v) is 2.17. The number of nitrogens with one attached hydrogen (secondary N) is 1. The summed E-state index contributed by atoms with van der Waals surface area (Å²) in [6.45, 7) is 0.489. The molecule has 0 saturated carbocycles. The molecule has 0 bridgehead atoms. The van der Waals surface area contributed by atoms with Crippen molar-refractivity contribution in [1.29, 1.82) is 0 Å². The molecule has 0 fully saturated rings. The number of hydrogen-bond acceptors (Lipinski definition) is 3. The molecule has 1 amide bonds. The monoisotopic (exact) mass is 396 g/mol. The molecule has 0 atom stereocenters. The van der Waals surface area contributed by atoms with E-state index in [0.717, 1.165) is 9.13 Å². The van der Waals surface area contributed by atoms with Gasteiger partial charge in [0.1, 0.15) is 0 Å². The third-order valence-electron chi connectivity index (χ3n) is 2.95. The Morgan fingerprint density at radius 1 is 1.10 bits per heavy atom. The highest BCUT2D eigenvalue weighted by Crippen LogP contribution is 2.12. The number of benzene rings is 2. The van der Waals surface area contributed by atoms with Gasteiger partial charge in [-0.3, -0.25) is 14.9 Å². The van der Waals surface area contributed by atoms with E-state index >= 15 is 0 Å². The SMILES string of the molecule is O=C(NCCc1ccc([N+](=O)[O-])cc1)c1ccc(I)cc1. The molecule has 0 aliphatic heterocycles. The Hall–Kier alpha value is -1.96. The van der Waals surface area contributed by atoms with Crippen molar-refractivity contribution in [2.75, 3.05) is 6.54 Å². The number of nitro benzene ring substituents is 1. The summed E-state index contributed by atoms with van der Waals surface area (Å²) >= 11 is 2.18. The molecule has 1 N–H and O–H groups in total. The van der Waals surface area contributed by atoms with E-state index in [-0.39, 0.29) is 11.6 Å². The number of nitrogens with zero attached hydrogens (tertiary/aromatic N) is 1.